The zero-order valence-corrected chi connectivity index (χ0v) is 28.2. The van der Waals surface area contributed by atoms with Crippen LogP contribution >= 0.6 is 0 Å². The van der Waals surface area contributed by atoms with Crippen molar-refractivity contribution >= 4 is 23.5 Å². The van der Waals surface area contributed by atoms with E-state index >= 15 is 0 Å². The Morgan fingerprint density at radius 3 is 1.98 bits per heavy atom. The predicted molar refractivity (Wildman–Crippen MR) is 192 cm³/mol. The van der Waals surface area contributed by atoms with Crippen LogP contribution in [-0.2, 0) is 9.59 Å². The SMILES string of the molecule is CN1CCC[C@H]1c1ncc(-c2ccc(-c3ccc4cc(-c5cnc([C@@H]6CCCN6)[nH]5)ccc4c3)cc2)[nH]1.CNC(C=O)C(C)C.O=CO. The highest BCUT2D eigenvalue weighted by atomic mass is 16.3. The highest BCUT2D eigenvalue weighted by Crippen LogP contribution is 2.32. The number of imidazole rings is 2. The van der Waals surface area contributed by atoms with E-state index in [0.29, 0.717) is 18.0 Å². The van der Waals surface area contributed by atoms with Gasteiger partial charge >= 0.3 is 0 Å². The average molecular weight is 650 g/mol. The van der Waals surface area contributed by atoms with Crippen molar-refractivity contribution < 1.29 is 14.7 Å². The van der Waals surface area contributed by atoms with E-state index in [9.17, 15) is 4.79 Å². The summed E-state index contributed by atoms with van der Waals surface area (Å²) in [4.78, 5) is 37.3. The van der Waals surface area contributed by atoms with Crippen LogP contribution in [0.15, 0.2) is 73.1 Å². The number of rotatable bonds is 8. The monoisotopic (exact) mass is 649 g/mol. The van der Waals surface area contributed by atoms with Crippen molar-refractivity contribution in [3.8, 4) is 33.6 Å². The van der Waals surface area contributed by atoms with Gasteiger partial charge in [0.05, 0.1) is 41.9 Å². The maximum absolute atomic E-state index is 10.1. The average Bonchev–Trinajstić information content (AvgIpc) is 3.93. The molecule has 0 bridgehead atoms. The van der Waals surface area contributed by atoms with Gasteiger partial charge in [0.15, 0.2) is 0 Å². The first kappa shape index (κ1) is 34.7. The Labute approximate surface area is 282 Å². The van der Waals surface area contributed by atoms with Crippen LogP contribution in [0.25, 0.3) is 44.4 Å². The van der Waals surface area contributed by atoms with Gasteiger partial charge in [-0.3, -0.25) is 9.69 Å². The third-order valence-electron chi connectivity index (χ3n) is 9.30. The van der Waals surface area contributed by atoms with Crippen LogP contribution in [0.1, 0.15) is 63.3 Å². The third kappa shape index (κ3) is 8.25. The van der Waals surface area contributed by atoms with E-state index in [1.165, 1.54) is 52.3 Å². The van der Waals surface area contributed by atoms with Crippen LogP contribution in [0.3, 0.4) is 0 Å². The van der Waals surface area contributed by atoms with Crippen LogP contribution < -0.4 is 10.6 Å². The van der Waals surface area contributed by atoms with E-state index in [1.807, 2.05) is 26.2 Å². The summed E-state index contributed by atoms with van der Waals surface area (Å²) < 4.78 is 0. The minimum Gasteiger partial charge on any atom is -0.483 e. The van der Waals surface area contributed by atoms with Gasteiger partial charge in [-0.1, -0.05) is 62.4 Å². The van der Waals surface area contributed by atoms with Crippen molar-refractivity contribution in [2.45, 2.75) is 57.7 Å². The van der Waals surface area contributed by atoms with E-state index in [0.717, 1.165) is 48.8 Å². The number of nitrogens with zero attached hydrogens (tertiary/aromatic N) is 3. The molecule has 10 nitrogen and oxygen atoms in total. The second-order valence-electron chi connectivity index (χ2n) is 12.8. The van der Waals surface area contributed by atoms with Crippen molar-refractivity contribution in [2.75, 3.05) is 27.2 Å². The minimum absolute atomic E-state index is 0.0231. The molecular weight excluding hydrogens is 602 g/mol. The van der Waals surface area contributed by atoms with Crippen molar-refractivity contribution in [3.05, 3.63) is 84.7 Å². The van der Waals surface area contributed by atoms with Crippen molar-refractivity contribution in [3.63, 3.8) is 0 Å². The molecule has 2 aliphatic rings. The summed E-state index contributed by atoms with van der Waals surface area (Å²) in [5, 5.41) is 15.8. The lowest BCUT2D eigenvalue weighted by molar-refractivity contribution is -0.122. The molecule has 2 aliphatic heterocycles. The van der Waals surface area contributed by atoms with E-state index in [4.69, 9.17) is 9.90 Å². The van der Waals surface area contributed by atoms with E-state index < -0.39 is 0 Å². The fraction of sp³-hybridized carbons (Fsp3) is 0.368. The lowest BCUT2D eigenvalue weighted by Crippen LogP contribution is -2.31. The maximum atomic E-state index is 10.1. The highest BCUT2D eigenvalue weighted by Gasteiger charge is 2.25. The van der Waals surface area contributed by atoms with E-state index in [-0.39, 0.29) is 12.5 Å². The Kier molecular flexibility index (Phi) is 11.9. The molecule has 2 aromatic heterocycles. The number of benzene rings is 3. The quantitative estimate of drug-likeness (QED) is 0.118. The van der Waals surface area contributed by atoms with Gasteiger partial charge in [0, 0.05) is 5.56 Å². The number of carbonyl (C=O) groups is 2. The van der Waals surface area contributed by atoms with Gasteiger partial charge in [-0.15, -0.1) is 0 Å². The molecule has 0 aliphatic carbocycles. The summed E-state index contributed by atoms with van der Waals surface area (Å²) in [6, 6.07) is 22.9. The lowest BCUT2D eigenvalue weighted by atomic mass is 9.98. The molecule has 2 fully saturated rings. The first-order chi connectivity index (χ1) is 23.3. The number of fused-ring (bicyclic) bond motifs is 1. The molecule has 252 valence electrons. The van der Waals surface area contributed by atoms with Crippen molar-refractivity contribution in [2.24, 2.45) is 5.92 Å². The second-order valence-corrected chi connectivity index (χ2v) is 12.8. The number of carboxylic acid groups (broad SMARTS) is 1. The summed E-state index contributed by atoms with van der Waals surface area (Å²) in [6.07, 6.45) is 9.64. The third-order valence-corrected chi connectivity index (χ3v) is 9.30. The van der Waals surface area contributed by atoms with Crippen molar-refractivity contribution in [1.29, 1.82) is 0 Å². The Bertz CT molecular complexity index is 1770. The van der Waals surface area contributed by atoms with Gasteiger partial charge < -0.3 is 30.5 Å². The number of aromatic nitrogens is 4. The fourth-order valence-electron chi connectivity index (χ4n) is 6.48. The first-order valence-electron chi connectivity index (χ1n) is 16.7. The molecule has 7 rings (SSSR count). The standard InChI is InChI=1S/C31H32N6.C6H13NO.CH2O2/c1-37-15-3-5-29(37)31-34-18-27(36-31)21-8-6-20(7-9-21)22-10-11-24-17-25(13-12-23(24)16-22)28-19-33-30(35-28)26-4-2-14-32-26;1-5(2)6(4-8)7-3;2-1-3/h6-13,16-19,26,29,32H,2-5,14-15H2,1H3,(H,33,35)(H,34,36);4-7H,1-3H3;1H,(H,2,3)/t26-,29-;;/m0../s1. The Morgan fingerprint density at radius 2 is 1.42 bits per heavy atom. The van der Waals surface area contributed by atoms with Crippen LogP contribution in [0.4, 0.5) is 0 Å². The Morgan fingerprint density at radius 1 is 0.833 bits per heavy atom. The molecule has 3 aromatic carbocycles. The largest absolute Gasteiger partial charge is 0.483 e. The zero-order valence-electron chi connectivity index (χ0n) is 28.2. The van der Waals surface area contributed by atoms with Gasteiger partial charge in [-0.25, -0.2) is 9.97 Å². The molecule has 10 heteroatoms. The minimum atomic E-state index is -0.250. The number of aromatic amines is 2. The molecule has 1 unspecified atom stereocenters. The number of hydrogen-bond donors (Lipinski definition) is 5. The molecule has 48 heavy (non-hydrogen) atoms. The number of H-pyrrole nitrogens is 2. The lowest BCUT2D eigenvalue weighted by Gasteiger charge is -2.16. The van der Waals surface area contributed by atoms with Gasteiger partial charge in [-0.2, -0.15) is 0 Å². The second kappa shape index (κ2) is 16.5. The molecule has 2 saturated heterocycles. The molecule has 5 N–H and O–H groups in total. The molecule has 4 heterocycles. The molecule has 0 spiro atoms. The van der Waals surface area contributed by atoms with Crippen LogP contribution in [0.2, 0.25) is 0 Å². The zero-order chi connectivity index (χ0) is 34.0. The molecule has 5 aromatic rings. The van der Waals surface area contributed by atoms with Crippen molar-refractivity contribution in [1.82, 2.24) is 35.5 Å². The fourth-order valence-corrected chi connectivity index (χ4v) is 6.48. The summed E-state index contributed by atoms with van der Waals surface area (Å²) >= 11 is 0. The number of aldehydes is 1. The number of hydrogen-bond acceptors (Lipinski definition) is 7. The highest BCUT2D eigenvalue weighted by molar-refractivity contribution is 5.90. The summed E-state index contributed by atoms with van der Waals surface area (Å²) in [5.41, 5.74) is 6.93. The van der Waals surface area contributed by atoms with E-state index in [1.54, 1.807) is 7.05 Å². The molecule has 0 radical (unpaired) electrons. The molecule has 0 saturated carbocycles. The van der Waals surface area contributed by atoms with E-state index in [2.05, 4.69) is 103 Å². The number of carbonyl (C=O) groups excluding carboxylic acids is 1. The van der Waals surface area contributed by atoms with Gasteiger partial charge in [-0.05, 0) is 98.4 Å². The van der Waals surface area contributed by atoms with Gasteiger partial charge in [0.25, 0.3) is 6.47 Å². The Hall–Kier alpha value is -4.64. The summed E-state index contributed by atoms with van der Waals surface area (Å²) in [6.45, 7) is 5.99. The van der Waals surface area contributed by atoms with Crippen LogP contribution in [0.5, 0.6) is 0 Å². The number of likely N-dealkylation sites (N-methyl/N-ethyl adjacent to an activating group) is 1. The first-order valence-corrected chi connectivity index (χ1v) is 16.7. The predicted octanol–water partition coefficient (Wildman–Crippen LogP) is 6.61. The number of nitrogens with one attached hydrogen (secondary N) is 4. The molecule has 3 atom stereocenters. The number of likely N-dealkylation sites (tertiary alicyclic amines) is 1. The Balaban J connectivity index is 0.000000358. The molecular formula is C38H47N7O3. The van der Waals surface area contributed by atoms with Gasteiger partial charge in [0.1, 0.15) is 17.9 Å². The van der Waals surface area contributed by atoms with Crippen LogP contribution in [-0.4, -0.2) is 75.9 Å². The normalized spacial score (nSPS) is 18.2. The van der Waals surface area contributed by atoms with Gasteiger partial charge in [0.2, 0.25) is 0 Å². The summed E-state index contributed by atoms with van der Waals surface area (Å²) in [7, 11) is 3.97. The van der Waals surface area contributed by atoms with Crippen LogP contribution in [0, 0.1) is 5.92 Å². The topological polar surface area (TPSA) is 139 Å². The smallest absolute Gasteiger partial charge is 0.290 e. The maximum Gasteiger partial charge on any atom is 0.290 e. The summed E-state index contributed by atoms with van der Waals surface area (Å²) in [5.74, 6) is 2.52. The molecule has 0 amide bonds.